The predicted octanol–water partition coefficient (Wildman–Crippen LogP) is 2.28. The van der Waals surface area contributed by atoms with E-state index in [9.17, 15) is 8.42 Å². The van der Waals surface area contributed by atoms with Gasteiger partial charge in [0.15, 0.2) is 4.71 Å². The Hall–Kier alpha value is 0.160. The summed E-state index contributed by atoms with van der Waals surface area (Å²) in [6, 6.07) is 0. The Morgan fingerprint density at radius 3 is 1.79 bits per heavy atom. The fourth-order valence-corrected chi connectivity index (χ4v) is 1.33. The van der Waals surface area contributed by atoms with Crippen LogP contribution in [0.4, 0.5) is 0 Å². The van der Waals surface area contributed by atoms with E-state index in [1.165, 1.54) is 0 Å². The minimum atomic E-state index is -4.00. The Morgan fingerprint density at radius 2 is 1.71 bits per heavy atom. The van der Waals surface area contributed by atoms with Gasteiger partial charge in [0.2, 0.25) is 0 Å². The van der Waals surface area contributed by atoms with Crippen LogP contribution in [0.1, 0.15) is 33.6 Å². The quantitative estimate of drug-likeness (QED) is 0.597. The molecule has 0 radical (unpaired) electrons. The summed E-state index contributed by atoms with van der Waals surface area (Å²) in [5.74, 6) is 0. The van der Waals surface area contributed by atoms with Crippen molar-refractivity contribution in [2.75, 3.05) is 13.2 Å². The molecule has 1 N–H and O–H groups in total. The zero-order valence-electron chi connectivity index (χ0n) is 8.86. The smallest absolute Gasteiger partial charge is 0.281 e. The van der Waals surface area contributed by atoms with Crippen LogP contribution in [0.15, 0.2) is 0 Å². The van der Waals surface area contributed by atoms with Crippen LogP contribution in [-0.4, -0.2) is 30.9 Å². The third kappa shape index (κ3) is 12.2. The molecule has 0 aromatic carbocycles. The van der Waals surface area contributed by atoms with Crippen LogP contribution in [0.2, 0.25) is 0 Å². The molecular formula is C8H19ClO4S. The maximum atomic E-state index is 10.1. The van der Waals surface area contributed by atoms with E-state index < -0.39 is 14.8 Å². The molecule has 0 aromatic rings. The Bertz CT molecular complexity index is 201. The molecule has 0 saturated carbocycles. The van der Waals surface area contributed by atoms with Gasteiger partial charge in [0.1, 0.15) is 0 Å². The largest absolute Gasteiger partial charge is 0.382 e. The first-order valence-corrected chi connectivity index (χ1v) is 6.52. The molecule has 1 unspecified atom stereocenters. The molecule has 1 atom stereocenters. The van der Waals surface area contributed by atoms with Crippen molar-refractivity contribution in [3.05, 3.63) is 0 Å². The van der Waals surface area contributed by atoms with E-state index in [0.717, 1.165) is 13.2 Å². The van der Waals surface area contributed by atoms with Gasteiger partial charge in [-0.2, -0.15) is 8.42 Å². The molecule has 0 spiro atoms. The molecule has 0 heterocycles. The first-order chi connectivity index (χ1) is 6.40. The fraction of sp³-hybridized carbons (Fsp3) is 1.00. The molecule has 0 aromatic heterocycles. The second kappa shape index (κ2) is 9.71. The number of alkyl halides is 1. The van der Waals surface area contributed by atoms with Gasteiger partial charge in [0, 0.05) is 13.2 Å². The third-order valence-electron chi connectivity index (χ3n) is 1.25. The van der Waals surface area contributed by atoms with Gasteiger partial charge in [-0.3, -0.25) is 4.55 Å². The lowest BCUT2D eigenvalue weighted by Crippen LogP contribution is -2.12. The Labute approximate surface area is 91.3 Å². The molecule has 0 aliphatic carbocycles. The summed E-state index contributed by atoms with van der Waals surface area (Å²) >= 11 is 5.22. The lowest BCUT2D eigenvalue weighted by atomic mass is 10.4. The lowest BCUT2D eigenvalue weighted by Gasteiger charge is -2.01. The van der Waals surface area contributed by atoms with Crippen LogP contribution >= 0.6 is 11.6 Å². The van der Waals surface area contributed by atoms with Crippen LogP contribution in [0.25, 0.3) is 0 Å². The normalized spacial score (nSPS) is 12.9. The highest BCUT2D eigenvalue weighted by Crippen LogP contribution is 2.10. The average Bonchev–Trinajstić information content (AvgIpc) is 2.05. The zero-order valence-corrected chi connectivity index (χ0v) is 10.4. The summed E-state index contributed by atoms with van der Waals surface area (Å²) < 4.78 is 32.2. The van der Waals surface area contributed by atoms with Gasteiger partial charge in [-0.1, -0.05) is 13.3 Å². The Balaban J connectivity index is 0. The van der Waals surface area contributed by atoms with Gasteiger partial charge in [-0.15, -0.1) is 11.6 Å². The highest BCUT2D eigenvalue weighted by molar-refractivity contribution is 7.87. The van der Waals surface area contributed by atoms with Crippen molar-refractivity contribution in [3.63, 3.8) is 0 Å². The van der Waals surface area contributed by atoms with Crippen molar-refractivity contribution in [3.8, 4) is 0 Å². The van der Waals surface area contributed by atoms with Gasteiger partial charge >= 0.3 is 0 Å². The molecule has 0 bridgehead atoms. The summed E-state index contributed by atoms with van der Waals surface area (Å²) in [5, 5.41) is 0. The number of ether oxygens (including phenoxy) is 1. The average molecular weight is 247 g/mol. The van der Waals surface area contributed by atoms with Crippen LogP contribution in [-0.2, 0) is 14.9 Å². The van der Waals surface area contributed by atoms with Crippen molar-refractivity contribution >= 4 is 21.7 Å². The summed E-state index contributed by atoms with van der Waals surface area (Å²) in [6.07, 6.45) is 0.939. The number of hydrogen-bond donors (Lipinski definition) is 1. The highest BCUT2D eigenvalue weighted by Gasteiger charge is 2.17. The van der Waals surface area contributed by atoms with Crippen LogP contribution < -0.4 is 0 Å². The molecular weight excluding hydrogens is 228 g/mol. The van der Waals surface area contributed by atoms with Crippen molar-refractivity contribution in [2.24, 2.45) is 0 Å². The second-order valence-electron chi connectivity index (χ2n) is 2.50. The molecule has 0 rings (SSSR count). The van der Waals surface area contributed by atoms with Gasteiger partial charge in [-0.05, 0) is 20.3 Å². The molecule has 4 nitrogen and oxygen atoms in total. The minimum absolute atomic E-state index is 0.292. The van der Waals surface area contributed by atoms with E-state index in [-0.39, 0.29) is 0 Å². The maximum absolute atomic E-state index is 10.1. The number of halogens is 1. The lowest BCUT2D eigenvalue weighted by molar-refractivity contribution is 0.162. The monoisotopic (exact) mass is 246 g/mol. The molecule has 0 saturated heterocycles. The first-order valence-electron chi connectivity index (χ1n) is 4.58. The summed E-state index contributed by atoms with van der Waals surface area (Å²) in [7, 11) is -4.00. The van der Waals surface area contributed by atoms with Crippen molar-refractivity contribution in [1.29, 1.82) is 0 Å². The molecule has 0 fully saturated rings. The maximum Gasteiger partial charge on any atom is 0.281 e. The van der Waals surface area contributed by atoms with Crippen molar-refractivity contribution < 1.29 is 17.7 Å². The Morgan fingerprint density at radius 1 is 1.29 bits per heavy atom. The van der Waals surface area contributed by atoms with Crippen LogP contribution in [0.5, 0.6) is 0 Å². The van der Waals surface area contributed by atoms with Gasteiger partial charge in [-0.25, -0.2) is 0 Å². The standard InChI is InChI=1S/C4H9ClO3S.C4H10O/c1-2-3-4(5)9(6,7)8;1-3-5-4-2/h4H,2-3H2,1H3,(H,6,7,8);3-4H2,1-2H3. The summed E-state index contributed by atoms with van der Waals surface area (Å²) in [6.45, 7) is 7.46. The van der Waals surface area contributed by atoms with Gasteiger partial charge in [0.05, 0.1) is 0 Å². The number of hydrogen-bond acceptors (Lipinski definition) is 3. The van der Waals surface area contributed by atoms with E-state index in [1.54, 1.807) is 6.92 Å². The van der Waals surface area contributed by atoms with E-state index in [2.05, 4.69) is 0 Å². The first kappa shape index (κ1) is 16.6. The molecule has 14 heavy (non-hydrogen) atoms. The predicted molar refractivity (Wildman–Crippen MR) is 58.3 cm³/mol. The zero-order chi connectivity index (χ0) is 11.6. The van der Waals surface area contributed by atoms with E-state index in [4.69, 9.17) is 20.9 Å². The van der Waals surface area contributed by atoms with Crippen molar-refractivity contribution in [2.45, 2.75) is 38.3 Å². The Kier molecular flexibility index (Phi) is 11.5. The minimum Gasteiger partial charge on any atom is -0.382 e. The topological polar surface area (TPSA) is 63.6 Å². The SMILES string of the molecule is CCCC(Cl)S(=O)(=O)O.CCOCC. The van der Waals surface area contributed by atoms with Crippen molar-refractivity contribution in [1.82, 2.24) is 0 Å². The van der Waals surface area contributed by atoms with Crippen LogP contribution in [0, 0.1) is 0 Å². The molecule has 6 heteroatoms. The summed E-state index contributed by atoms with van der Waals surface area (Å²) in [4.78, 5) is 0. The third-order valence-corrected chi connectivity index (χ3v) is 3.02. The molecule has 88 valence electrons. The summed E-state index contributed by atoms with van der Waals surface area (Å²) in [5.41, 5.74) is 0. The van der Waals surface area contributed by atoms with Crippen LogP contribution in [0.3, 0.4) is 0 Å². The number of rotatable bonds is 5. The van der Waals surface area contributed by atoms with Gasteiger partial charge in [0.25, 0.3) is 10.1 Å². The van der Waals surface area contributed by atoms with E-state index in [1.807, 2.05) is 13.8 Å². The van der Waals surface area contributed by atoms with E-state index in [0.29, 0.717) is 12.8 Å². The molecule has 0 aliphatic heterocycles. The second-order valence-corrected chi connectivity index (χ2v) is 4.88. The highest BCUT2D eigenvalue weighted by atomic mass is 35.5. The molecule has 0 aliphatic rings. The molecule has 0 amide bonds. The van der Waals surface area contributed by atoms with Gasteiger partial charge < -0.3 is 4.74 Å². The van der Waals surface area contributed by atoms with E-state index >= 15 is 0 Å². The fourth-order valence-electron chi connectivity index (χ4n) is 0.580.